The molecular formula is C13H15BrF3N. The number of hydrogen-bond acceptors (Lipinski definition) is 1. The maximum absolute atomic E-state index is 12.7. The third-order valence-electron chi connectivity index (χ3n) is 3.18. The van der Waals surface area contributed by atoms with Crippen LogP contribution in [0.1, 0.15) is 30.4 Å². The highest BCUT2D eigenvalue weighted by Crippen LogP contribution is 2.32. The molecule has 2 rings (SSSR count). The Labute approximate surface area is 113 Å². The first-order chi connectivity index (χ1) is 8.45. The lowest BCUT2D eigenvalue weighted by Gasteiger charge is -2.23. The molecule has 0 aromatic heterocycles. The van der Waals surface area contributed by atoms with Crippen molar-refractivity contribution in [2.24, 2.45) is 0 Å². The van der Waals surface area contributed by atoms with E-state index in [4.69, 9.17) is 0 Å². The minimum absolute atomic E-state index is 0.300. The van der Waals surface area contributed by atoms with Gasteiger partial charge in [-0.3, -0.25) is 0 Å². The zero-order chi connectivity index (χ0) is 13.2. The molecule has 1 atom stereocenters. The average Bonchev–Trinajstić information content (AvgIpc) is 2.28. The highest BCUT2D eigenvalue weighted by atomic mass is 79.9. The van der Waals surface area contributed by atoms with Crippen LogP contribution in [-0.4, -0.2) is 12.6 Å². The van der Waals surface area contributed by atoms with E-state index >= 15 is 0 Å². The summed E-state index contributed by atoms with van der Waals surface area (Å²) in [4.78, 5) is 0. The van der Waals surface area contributed by atoms with Gasteiger partial charge in [0.1, 0.15) is 0 Å². The van der Waals surface area contributed by atoms with Gasteiger partial charge in [0.05, 0.1) is 5.56 Å². The summed E-state index contributed by atoms with van der Waals surface area (Å²) in [6.45, 7) is 0.963. The number of alkyl halides is 3. The second kappa shape index (κ2) is 5.61. The second-order valence-corrected chi connectivity index (χ2v) is 5.61. The lowest BCUT2D eigenvalue weighted by molar-refractivity contribution is -0.137. The van der Waals surface area contributed by atoms with Crippen LogP contribution in [0.25, 0.3) is 0 Å². The van der Waals surface area contributed by atoms with Gasteiger partial charge in [0, 0.05) is 10.5 Å². The van der Waals surface area contributed by atoms with Crippen molar-refractivity contribution in [1.82, 2.24) is 5.32 Å². The Morgan fingerprint density at radius 3 is 2.61 bits per heavy atom. The van der Waals surface area contributed by atoms with Gasteiger partial charge in [-0.2, -0.15) is 13.2 Å². The lowest BCUT2D eigenvalue weighted by atomic mass is 9.97. The molecule has 0 spiro atoms. The summed E-state index contributed by atoms with van der Waals surface area (Å²) < 4.78 is 38.6. The third-order valence-corrected chi connectivity index (χ3v) is 3.64. The van der Waals surface area contributed by atoms with Crippen LogP contribution < -0.4 is 5.32 Å². The zero-order valence-corrected chi connectivity index (χ0v) is 11.4. The summed E-state index contributed by atoms with van der Waals surface area (Å²) in [6, 6.07) is 4.44. The zero-order valence-electron chi connectivity index (χ0n) is 9.86. The van der Waals surface area contributed by atoms with Crippen LogP contribution in [0.2, 0.25) is 0 Å². The number of piperidine rings is 1. The van der Waals surface area contributed by atoms with Gasteiger partial charge in [0.25, 0.3) is 0 Å². The molecule has 0 bridgehead atoms. The molecule has 1 aliphatic heterocycles. The summed E-state index contributed by atoms with van der Waals surface area (Å²) in [5.74, 6) is 0. The molecule has 1 unspecified atom stereocenters. The smallest absolute Gasteiger partial charge is 0.314 e. The predicted molar refractivity (Wildman–Crippen MR) is 68.5 cm³/mol. The average molecular weight is 322 g/mol. The number of hydrogen-bond donors (Lipinski definition) is 1. The van der Waals surface area contributed by atoms with E-state index in [-0.39, 0.29) is 0 Å². The van der Waals surface area contributed by atoms with Crippen LogP contribution in [0.3, 0.4) is 0 Å². The van der Waals surface area contributed by atoms with Crippen molar-refractivity contribution in [3.05, 3.63) is 33.8 Å². The Bertz CT molecular complexity index is 411. The molecule has 1 nitrogen and oxygen atoms in total. The van der Waals surface area contributed by atoms with Gasteiger partial charge in [-0.15, -0.1) is 0 Å². The fraction of sp³-hybridized carbons (Fsp3) is 0.538. The van der Waals surface area contributed by atoms with Gasteiger partial charge >= 0.3 is 6.18 Å². The molecule has 0 amide bonds. The first-order valence-corrected chi connectivity index (χ1v) is 6.84. The van der Waals surface area contributed by atoms with E-state index in [2.05, 4.69) is 21.2 Å². The molecule has 1 heterocycles. The van der Waals surface area contributed by atoms with Crippen molar-refractivity contribution in [3.63, 3.8) is 0 Å². The Morgan fingerprint density at radius 2 is 2.00 bits per heavy atom. The van der Waals surface area contributed by atoms with E-state index in [0.717, 1.165) is 37.4 Å². The van der Waals surface area contributed by atoms with Gasteiger partial charge in [-0.05, 0) is 49.6 Å². The highest BCUT2D eigenvalue weighted by molar-refractivity contribution is 9.10. The summed E-state index contributed by atoms with van der Waals surface area (Å²) >= 11 is 3.15. The van der Waals surface area contributed by atoms with Crippen molar-refractivity contribution >= 4 is 15.9 Å². The fourth-order valence-electron chi connectivity index (χ4n) is 2.31. The molecule has 18 heavy (non-hydrogen) atoms. The molecule has 0 saturated carbocycles. The quantitative estimate of drug-likeness (QED) is 0.862. The SMILES string of the molecule is FC(F)(F)c1cc(Br)cc(CC2CCCCN2)c1. The Kier molecular flexibility index (Phi) is 4.33. The van der Waals surface area contributed by atoms with Crippen molar-refractivity contribution in [1.29, 1.82) is 0 Å². The van der Waals surface area contributed by atoms with E-state index in [1.807, 2.05) is 0 Å². The minimum Gasteiger partial charge on any atom is -0.314 e. The summed E-state index contributed by atoms with van der Waals surface area (Å²) in [5, 5.41) is 3.35. The van der Waals surface area contributed by atoms with Crippen LogP contribution in [-0.2, 0) is 12.6 Å². The lowest BCUT2D eigenvalue weighted by Crippen LogP contribution is -2.35. The number of halogens is 4. The maximum atomic E-state index is 12.7. The molecule has 1 aliphatic rings. The largest absolute Gasteiger partial charge is 0.416 e. The molecule has 0 aliphatic carbocycles. The second-order valence-electron chi connectivity index (χ2n) is 4.70. The molecule has 1 aromatic carbocycles. The summed E-state index contributed by atoms with van der Waals surface area (Å²) in [7, 11) is 0. The molecule has 100 valence electrons. The molecule has 5 heteroatoms. The monoisotopic (exact) mass is 321 g/mol. The third kappa shape index (κ3) is 3.72. The summed E-state index contributed by atoms with van der Waals surface area (Å²) in [5.41, 5.74) is 0.152. The maximum Gasteiger partial charge on any atom is 0.416 e. The van der Waals surface area contributed by atoms with Crippen LogP contribution in [0, 0.1) is 0 Å². The summed E-state index contributed by atoms with van der Waals surface area (Å²) in [6.07, 6.45) is -0.282. The van der Waals surface area contributed by atoms with Gasteiger partial charge < -0.3 is 5.32 Å². The molecule has 0 radical (unpaired) electrons. The van der Waals surface area contributed by atoms with E-state index in [9.17, 15) is 13.2 Å². The first kappa shape index (κ1) is 13.9. The van der Waals surface area contributed by atoms with E-state index in [0.29, 0.717) is 16.9 Å². The Hall–Kier alpha value is -0.550. The first-order valence-electron chi connectivity index (χ1n) is 6.05. The molecule has 1 fully saturated rings. The van der Waals surface area contributed by atoms with Gasteiger partial charge in [-0.1, -0.05) is 22.4 Å². The normalized spacial score (nSPS) is 21.0. The number of rotatable bonds is 2. The van der Waals surface area contributed by atoms with Crippen LogP contribution >= 0.6 is 15.9 Å². The van der Waals surface area contributed by atoms with Crippen molar-refractivity contribution in [2.45, 2.75) is 37.9 Å². The standard InChI is InChI=1S/C13H15BrF3N/c14-11-6-9(5-10(8-11)13(15,16)17)7-12-3-1-2-4-18-12/h5-6,8,12,18H,1-4,7H2. The van der Waals surface area contributed by atoms with Crippen molar-refractivity contribution in [2.75, 3.05) is 6.54 Å². The number of benzene rings is 1. The van der Waals surface area contributed by atoms with E-state index in [1.54, 1.807) is 6.07 Å². The number of nitrogens with one attached hydrogen (secondary N) is 1. The highest BCUT2D eigenvalue weighted by Gasteiger charge is 2.31. The Morgan fingerprint density at radius 1 is 1.22 bits per heavy atom. The molecule has 1 N–H and O–H groups in total. The van der Waals surface area contributed by atoms with Gasteiger partial charge in [-0.25, -0.2) is 0 Å². The molecular weight excluding hydrogens is 307 g/mol. The molecule has 1 saturated heterocycles. The van der Waals surface area contributed by atoms with E-state index in [1.165, 1.54) is 6.07 Å². The van der Waals surface area contributed by atoms with Crippen LogP contribution in [0.5, 0.6) is 0 Å². The fourth-order valence-corrected chi connectivity index (χ4v) is 2.86. The van der Waals surface area contributed by atoms with Crippen molar-refractivity contribution < 1.29 is 13.2 Å². The predicted octanol–water partition coefficient (Wildman–Crippen LogP) is 4.15. The van der Waals surface area contributed by atoms with Crippen molar-refractivity contribution in [3.8, 4) is 0 Å². The van der Waals surface area contributed by atoms with Crippen LogP contribution in [0.15, 0.2) is 22.7 Å². The van der Waals surface area contributed by atoms with E-state index < -0.39 is 11.7 Å². The topological polar surface area (TPSA) is 12.0 Å². The van der Waals surface area contributed by atoms with Gasteiger partial charge in [0.2, 0.25) is 0 Å². The molecule has 1 aromatic rings. The van der Waals surface area contributed by atoms with Gasteiger partial charge in [0.15, 0.2) is 0 Å². The minimum atomic E-state index is -4.28. The van der Waals surface area contributed by atoms with Crippen LogP contribution in [0.4, 0.5) is 13.2 Å². The Balaban J connectivity index is 2.14.